The zero-order valence-electron chi connectivity index (χ0n) is 8.31. The van der Waals surface area contributed by atoms with Gasteiger partial charge in [0.2, 0.25) is 5.54 Å². The first-order valence-electron chi connectivity index (χ1n) is 4.20. The molecule has 1 unspecified atom stereocenters. The first-order chi connectivity index (χ1) is 6.17. The molecule has 2 N–H and O–H groups in total. The number of halogens is 3. The molecule has 0 heterocycles. The molecule has 0 saturated heterocycles. The first-order valence-corrected chi connectivity index (χ1v) is 4.20. The number of ether oxygens (including phenoxy) is 1. The van der Waals surface area contributed by atoms with E-state index < -0.39 is 23.6 Å². The summed E-state index contributed by atoms with van der Waals surface area (Å²) in [5, 5.41) is 0. The third kappa shape index (κ3) is 2.17. The SMILES string of the molecule is CCOC(=O)C(N)(C(C)C)C(F)(F)F. The van der Waals surface area contributed by atoms with Crippen molar-refractivity contribution in [2.75, 3.05) is 6.61 Å². The Morgan fingerprint density at radius 2 is 1.86 bits per heavy atom. The molecule has 6 heteroatoms. The molecule has 0 amide bonds. The number of nitrogens with two attached hydrogens (primary N) is 1. The Bertz CT molecular complexity index is 215. The third-order valence-corrected chi connectivity index (χ3v) is 1.99. The second-order valence-electron chi connectivity index (χ2n) is 3.24. The fourth-order valence-corrected chi connectivity index (χ4v) is 0.929. The highest BCUT2D eigenvalue weighted by Gasteiger charge is 2.60. The summed E-state index contributed by atoms with van der Waals surface area (Å²) < 4.78 is 41.8. The molecule has 0 aromatic heterocycles. The van der Waals surface area contributed by atoms with Gasteiger partial charge in [-0.1, -0.05) is 13.8 Å². The van der Waals surface area contributed by atoms with Gasteiger partial charge in [-0.05, 0) is 12.8 Å². The number of esters is 1. The predicted octanol–water partition coefficient (Wildman–Crippen LogP) is 1.47. The molecule has 0 aromatic rings. The van der Waals surface area contributed by atoms with E-state index in [-0.39, 0.29) is 6.61 Å². The van der Waals surface area contributed by atoms with Crippen molar-refractivity contribution in [3.63, 3.8) is 0 Å². The Kier molecular flexibility index (Phi) is 3.93. The fraction of sp³-hybridized carbons (Fsp3) is 0.875. The highest BCUT2D eigenvalue weighted by molar-refractivity contribution is 5.82. The highest BCUT2D eigenvalue weighted by Crippen LogP contribution is 2.35. The van der Waals surface area contributed by atoms with E-state index in [1.54, 1.807) is 0 Å². The van der Waals surface area contributed by atoms with E-state index in [1.807, 2.05) is 0 Å². The number of rotatable bonds is 3. The van der Waals surface area contributed by atoms with Crippen molar-refractivity contribution in [2.24, 2.45) is 11.7 Å². The van der Waals surface area contributed by atoms with Gasteiger partial charge in [-0.2, -0.15) is 13.2 Å². The molecule has 0 bridgehead atoms. The predicted molar refractivity (Wildman–Crippen MR) is 44.4 cm³/mol. The van der Waals surface area contributed by atoms with Crippen LogP contribution in [-0.4, -0.2) is 24.3 Å². The van der Waals surface area contributed by atoms with Crippen LogP contribution >= 0.6 is 0 Å². The van der Waals surface area contributed by atoms with Gasteiger partial charge in [0.05, 0.1) is 6.61 Å². The van der Waals surface area contributed by atoms with Crippen molar-refractivity contribution in [2.45, 2.75) is 32.5 Å². The van der Waals surface area contributed by atoms with Crippen molar-refractivity contribution >= 4 is 5.97 Å². The molecular formula is C8H14F3NO2. The molecule has 0 rings (SSSR count). The van der Waals surface area contributed by atoms with Crippen LogP contribution in [0.3, 0.4) is 0 Å². The number of hydrogen-bond donors (Lipinski definition) is 1. The zero-order chi connectivity index (χ0) is 11.6. The summed E-state index contributed by atoms with van der Waals surface area (Å²) in [6.07, 6.45) is -4.80. The van der Waals surface area contributed by atoms with Crippen LogP contribution in [0.15, 0.2) is 0 Å². The minimum absolute atomic E-state index is 0.124. The summed E-state index contributed by atoms with van der Waals surface area (Å²) in [6.45, 7) is 3.75. The molecule has 3 nitrogen and oxygen atoms in total. The Morgan fingerprint density at radius 3 is 2.07 bits per heavy atom. The Morgan fingerprint density at radius 1 is 1.43 bits per heavy atom. The van der Waals surface area contributed by atoms with E-state index in [0.29, 0.717) is 0 Å². The second-order valence-corrected chi connectivity index (χ2v) is 3.24. The van der Waals surface area contributed by atoms with Gasteiger partial charge in [-0.25, -0.2) is 4.79 Å². The molecule has 1 atom stereocenters. The summed E-state index contributed by atoms with van der Waals surface area (Å²) in [7, 11) is 0. The van der Waals surface area contributed by atoms with Gasteiger partial charge in [-0.3, -0.25) is 0 Å². The van der Waals surface area contributed by atoms with E-state index in [4.69, 9.17) is 5.73 Å². The van der Waals surface area contributed by atoms with Gasteiger partial charge in [0, 0.05) is 0 Å². The lowest BCUT2D eigenvalue weighted by atomic mass is 9.87. The van der Waals surface area contributed by atoms with Gasteiger partial charge in [0.25, 0.3) is 0 Å². The molecule has 0 radical (unpaired) electrons. The van der Waals surface area contributed by atoms with Crippen molar-refractivity contribution in [1.82, 2.24) is 0 Å². The van der Waals surface area contributed by atoms with Crippen LogP contribution in [0.1, 0.15) is 20.8 Å². The van der Waals surface area contributed by atoms with E-state index in [2.05, 4.69) is 4.74 Å². The van der Waals surface area contributed by atoms with E-state index in [0.717, 1.165) is 0 Å². The van der Waals surface area contributed by atoms with Crippen LogP contribution < -0.4 is 5.73 Å². The topological polar surface area (TPSA) is 52.3 Å². The Hall–Kier alpha value is -0.780. The summed E-state index contributed by atoms with van der Waals surface area (Å²) in [5.41, 5.74) is 2.13. The standard InChI is InChI=1S/C8H14F3NO2/c1-4-14-6(13)7(12,5(2)3)8(9,10)11/h5H,4,12H2,1-3H3. The number of hydrogen-bond acceptors (Lipinski definition) is 3. The lowest BCUT2D eigenvalue weighted by molar-refractivity contribution is -0.214. The van der Waals surface area contributed by atoms with Gasteiger partial charge in [0.1, 0.15) is 0 Å². The zero-order valence-corrected chi connectivity index (χ0v) is 8.31. The third-order valence-electron chi connectivity index (χ3n) is 1.99. The van der Waals surface area contributed by atoms with E-state index in [9.17, 15) is 18.0 Å². The van der Waals surface area contributed by atoms with Gasteiger partial charge in [-0.15, -0.1) is 0 Å². The van der Waals surface area contributed by atoms with Crippen LogP contribution in [0.5, 0.6) is 0 Å². The van der Waals surface area contributed by atoms with Gasteiger partial charge >= 0.3 is 12.1 Å². The maximum absolute atomic E-state index is 12.5. The maximum atomic E-state index is 12.5. The molecule has 0 spiro atoms. The molecule has 14 heavy (non-hydrogen) atoms. The Balaban J connectivity index is 5.01. The smallest absolute Gasteiger partial charge is 0.417 e. The minimum atomic E-state index is -4.80. The summed E-state index contributed by atoms with van der Waals surface area (Å²) >= 11 is 0. The molecule has 0 aliphatic heterocycles. The van der Waals surface area contributed by atoms with Crippen molar-refractivity contribution in [3.05, 3.63) is 0 Å². The van der Waals surface area contributed by atoms with Crippen molar-refractivity contribution in [1.29, 1.82) is 0 Å². The quantitative estimate of drug-likeness (QED) is 0.722. The molecule has 0 aliphatic rings. The van der Waals surface area contributed by atoms with Crippen LogP contribution in [0.4, 0.5) is 13.2 Å². The number of carbonyl (C=O) groups excluding carboxylic acids is 1. The number of alkyl halides is 3. The summed E-state index contributed by atoms with van der Waals surface area (Å²) in [5.74, 6) is -2.50. The van der Waals surface area contributed by atoms with Gasteiger partial charge in [0.15, 0.2) is 0 Å². The molecule has 0 aromatic carbocycles. The summed E-state index contributed by atoms with van der Waals surface area (Å²) in [6, 6.07) is 0. The lowest BCUT2D eigenvalue weighted by Gasteiger charge is -2.32. The molecule has 0 fully saturated rings. The molecular weight excluding hydrogens is 199 g/mol. The fourth-order valence-electron chi connectivity index (χ4n) is 0.929. The second kappa shape index (κ2) is 4.16. The minimum Gasteiger partial charge on any atom is -0.464 e. The average molecular weight is 213 g/mol. The van der Waals surface area contributed by atoms with E-state index >= 15 is 0 Å². The van der Waals surface area contributed by atoms with Crippen molar-refractivity contribution in [3.8, 4) is 0 Å². The normalized spacial score (nSPS) is 16.6. The monoisotopic (exact) mass is 213 g/mol. The van der Waals surface area contributed by atoms with Crippen molar-refractivity contribution < 1.29 is 22.7 Å². The largest absolute Gasteiger partial charge is 0.464 e. The molecule has 0 saturated carbocycles. The molecule has 84 valence electrons. The van der Waals surface area contributed by atoms with Crippen LogP contribution in [0.25, 0.3) is 0 Å². The average Bonchev–Trinajstić information content (AvgIpc) is 2.00. The Labute approximate surface area is 80.4 Å². The van der Waals surface area contributed by atoms with Gasteiger partial charge < -0.3 is 10.5 Å². The lowest BCUT2D eigenvalue weighted by Crippen LogP contribution is -2.63. The van der Waals surface area contributed by atoms with E-state index in [1.165, 1.54) is 20.8 Å². The van der Waals surface area contributed by atoms with Crippen LogP contribution in [0.2, 0.25) is 0 Å². The first kappa shape index (κ1) is 13.2. The molecule has 0 aliphatic carbocycles. The van der Waals surface area contributed by atoms with Crippen LogP contribution in [0, 0.1) is 5.92 Å². The van der Waals surface area contributed by atoms with Crippen LogP contribution in [-0.2, 0) is 9.53 Å². The highest BCUT2D eigenvalue weighted by atomic mass is 19.4. The maximum Gasteiger partial charge on any atom is 0.417 e. The summed E-state index contributed by atoms with van der Waals surface area (Å²) in [4.78, 5) is 11.1. The number of carbonyl (C=O) groups is 1.